The van der Waals surface area contributed by atoms with Gasteiger partial charge in [0.1, 0.15) is 18.4 Å². The summed E-state index contributed by atoms with van der Waals surface area (Å²) >= 11 is 6.17. The summed E-state index contributed by atoms with van der Waals surface area (Å²) < 4.78 is 21.5. The fourth-order valence-corrected chi connectivity index (χ4v) is 3.29. The van der Waals surface area contributed by atoms with Gasteiger partial charge in [-0.15, -0.1) is 0 Å². The second kappa shape index (κ2) is 9.71. The topological polar surface area (TPSA) is 83.1 Å². The number of carbonyl (C=O) groups is 2. The molecule has 0 bridgehead atoms. The first-order chi connectivity index (χ1) is 14.4. The molecular weight excluding hydrogens is 410 g/mol. The van der Waals surface area contributed by atoms with Crippen LogP contribution in [0.25, 0.3) is 0 Å². The van der Waals surface area contributed by atoms with Crippen molar-refractivity contribution in [3.63, 3.8) is 0 Å². The molecule has 0 fully saturated rings. The Labute approximate surface area is 180 Å². The number of para-hydroxylation sites is 1. The van der Waals surface area contributed by atoms with E-state index in [9.17, 15) is 9.59 Å². The van der Waals surface area contributed by atoms with Crippen LogP contribution in [0.2, 0.25) is 5.02 Å². The highest BCUT2D eigenvalue weighted by molar-refractivity contribution is 6.32. The average molecular weight is 434 g/mol. The van der Waals surface area contributed by atoms with Gasteiger partial charge in [0.25, 0.3) is 5.91 Å². The van der Waals surface area contributed by atoms with E-state index in [0.717, 1.165) is 0 Å². The molecule has 7 nitrogen and oxygen atoms in total. The normalized spacial score (nSPS) is 13.1. The lowest BCUT2D eigenvalue weighted by atomic mass is 10.0. The molecule has 2 aromatic carbocycles. The van der Waals surface area contributed by atoms with Gasteiger partial charge in [-0.1, -0.05) is 37.6 Å². The summed E-state index contributed by atoms with van der Waals surface area (Å²) in [6.07, 6.45) is 0. The number of amides is 1. The Morgan fingerprint density at radius 1 is 1.20 bits per heavy atom. The lowest BCUT2D eigenvalue weighted by Gasteiger charge is -2.21. The summed E-state index contributed by atoms with van der Waals surface area (Å²) in [6.45, 7) is 6.02. The molecule has 1 N–H and O–H groups in total. The zero-order chi connectivity index (χ0) is 21.7. The smallest absolute Gasteiger partial charge is 0.329 e. The summed E-state index contributed by atoms with van der Waals surface area (Å²) in [7, 11) is 0. The first-order valence-corrected chi connectivity index (χ1v) is 10.1. The molecule has 0 aromatic heterocycles. The summed E-state index contributed by atoms with van der Waals surface area (Å²) in [4.78, 5) is 25.5. The molecule has 1 aliphatic heterocycles. The van der Waals surface area contributed by atoms with Gasteiger partial charge < -0.3 is 24.3 Å². The first kappa shape index (κ1) is 21.8. The van der Waals surface area contributed by atoms with Gasteiger partial charge in [0.2, 0.25) is 6.79 Å². The summed E-state index contributed by atoms with van der Waals surface area (Å²) in [5, 5.41) is 3.14. The van der Waals surface area contributed by atoms with Crippen LogP contribution in [0.3, 0.4) is 0 Å². The number of rotatable bonds is 8. The van der Waals surface area contributed by atoms with Crippen molar-refractivity contribution in [2.24, 2.45) is 5.92 Å². The third kappa shape index (κ3) is 4.97. The van der Waals surface area contributed by atoms with Crippen molar-refractivity contribution >= 4 is 23.5 Å². The molecule has 0 aliphatic carbocycles. The summed E-state index contributed by atoms with van der Waals surface area (Å²) in [5.41, 5.74) is 1.02. The lowest BCUT2D eigenvalue weighted by Crippen LogP contribution is -2.45. The molecule has 3 rings (SSSR count). The Morgan fingerprint density at radius 3 is 2.70 bits per heavy atom. The highest BCUT2D eigenvalue weighted by Crippen LogP contribution is 2.39. The number of carbonyl (C=O) groups excluding carboxylic acids is 2. The Kier molecular flexibility index (Phi) is 7.05. The number of halogens is 1. The predicted octanol–water partition coefficient (Wildman–Crippen LogP) is 3.97. The van der Waals surface area contributed by atoms with Crippen LogP contribution in [-0.4, -0.2) is 31.3 Å². The Morgan fingerprint density at radius 2 is 1.97 bits per heavy atom. The molecule has 1 aliphatic rings. The molecular formula is C22H24ClNO6. The minimum Gasteiger partial charge on any atom is -0.493 e. The van der Waals surface area contributed by atoms with E-state index in [-0.39, 0.29) is 19.3 Å². The van der Waals surface area contributed by atoms with Crippen molar-refractivity contribution in [2.45, 2.75) is 33.4 Å². The number of hydrogen-bond donors (Lipinski definition) is 1. The van der Waals surface area contributed by atoms with Gasteiger partial charge in [0.15, 0.2) is 11.5 Å². The highest BCUT2D eigenvalue weighted by atomic mass is 35.5. The van der Waals surface area contributed by atoms with Gasteiger partial charge >= 0.3 is 5.97 Å². The van der Waals surface area contributed by atoms with Crippen LogP contribution in [-0.2, 0) is 16.1 Å². The SMILES string of the molecule is CCOc1ccccc1C(=O)N[C@H](C(=O)OCc1cc(Cl)c2c(c1)OCO2)C(C)C. The van der Waals surface area contributed by atoms with Crippen LogP contribution in [0, 0.1) is 5.92 Å². The van der Waals surface area contributed by atoms with Crippen molar-refractivity contribution in [3.05, 3.63) is 52.5 Å². The predicted molar refractivity (Wildman–Crippen MR) is 111 cm³/mol. The van der Waals surface area contributed by atoms with Gasteiger partial charge in [-0.2, -0.15) is 0 Å². The Hall–Kier alpha value is -2.93. The molecule has 0 spiro atoms. The van der Waals surface area contributed by atoms with Crippen LogP contribution in [0.5, 0.6) is 17.2 Å². The lowest BCUT2D eigenvalue weighted by molar-refractivity contribution is -0.148. The molecule has 1 atom stereocenters. The van der Waals surface area contributed by atoms with E-state index < -0.39 is 17.9 Å². The van der Waals surface area contributed by atoms with E-state index in [1.165, 1.54) is 0 Å². The quantitative estimate of drug-likeness (QED) is 0.634. The minimum atomic E-state index is -0.823. The largest absolute Gasteiger partial charge is 0.493 e. The van der Waals surface area contributed by atoms with E-state index in [0.29, 0.717) is 40.0 Å². The van der Waals surface area contributed by atoms with E-state index in [4.69, 9.17) is 30.5 Å². The number of nitrogens with one attached hydrogen (secondary N) is 1. The molecule has 0 saturated carbocycles. The van der Waals surface area contributed by atoms with Crippen LogP contribution in [0.15, 0.2) is 36.4 Å². The molecule has 30 heavy (non-hydrogen) atoms. The van der Waals surface area contributed by atoms with E-state index >= 15 is 0 Å². The third-order valence-corrected chi connectivity index (χ3v) is 4.79. The molecule has 0 saturated heterocycles. The summed E-state index contributed by atoms with van der Waals surface area (Å²) in [5.74, 6) is 0.327. The zero-order valence-corrected chi connectivity index (χ0v) is 17.8. The molecule has 1 heterocycles. The van der Waals surface area contributed by atoms with Crippen molar-refractivity contribution in [2.75, 3.05) is 13.4 Å². The standard InChI is InChI=1S/C22H24ClNO6/c1-4-27-17-8-6-5-7-15(17)21(25)24-19(13(2)3)22(26)28-11-14-9-16(23)20-18(10-14)29-12-30-20/h5-10,13,19H,4,11-12H2,1-3H3,(H,24,25)/t19-/m0/s1. The van der Waals surface area contributed by atoms with Crippen LogP contribution >= 0.6 is 11.6 Å². The van der Waals surface area contributed by atoms with Crippen molar-refractivity contribution < 1.29 is 28.5 Å². The number of esters is 1. The van der Waals surface area contributed by atoms with Gasteiger partial charge in [0, 0.05) is 0 Å². The first-order valence-electron chi connectivity index (χ1n) is 9.68. The maximum absolute atomic E-state index is 12.8. The van der Waals surface area contributed by atoms with Crippen molar-refractivity contribution in [1.82, 2.24) is 5.32 Å². The van der Waals surface area contributed by atoms with Crippen LogP contribution in [0.4, 0.5) is 0 Å². The van der Waals surface area contributed by atoms with Crippen molar-refractivity contribution in [3.8, 4) is 17.2 Å². The van der Waals surface area contributed by atoms with Gasteiger partial charge in [-0.05, 0) is 42.7 Å². The molecule has 1 amide bonds. The van der Waals surface area contributed by atoms with Gasteiger partial charge in [0.05, 0.1) is 17.2 Å². The van der Waals surface area contributed by atoms with Crippen molar-refractivity contribution in [1.29, 1.82) is 0 Å². The molecule has 2 aromatic rings. The minimum absolute atomic E-state index is 0.0101. The maximum atomic E-state index is 12.8. The van der Waals surface area contributed by atoms with Crippen LogP contribution in [0.1, 0.15) is 36.7 Å². The van der Waals surface area contributed by atoms with Crippen LogP contribution < -0.4 is 19.5 Å². The average Bonchev–Trinajstić information content (AvgIpc) is 3.20. The molecule has 160 valence electrons. The molecule has 0 radical (unpaired) electrons. The monoisotopic (exact) mass is 433 g/mol. The fraction of sp³-hybridized carbons (Fsp3) is 0.364. The highest BCUT2D eigenvalue weighted by Gasteiger charge is 2.27. The molecule has 8 heteroatoms. The Bertz CT molecular complexity index is 930. The zero-order valence-electron chi connectivity index (χ0n) is 17.1. The maximum Gasteiger partial charge on any atom is 0.329 e. The number of fused-ring (bicyclic) bond motifs is 1. The van der Waals surface area contributed by atoms with Gasteiger partial charge in [-0.25, -0.2) is 4.79 Å². The second-order valence-electron chi connectivity index (χ2n) is 7.04. The number of hydrogen-bond acceptors (Lipinski definition) is 6. The number of ether oxygens (including phenoxy) is 4. The molecule has 0 unspecified atom stereocenters. The van der Waals surface area contributed by atoms with E-state index in [1.807, 2.05) is 20.8 Å². The van der Waals surface area contributed by atoms with E-state index in [1.54, 1.807) is 36.4 Å². The fourth-order valence-electron chi connectivity index (χ4n) is 3.00. The second-order valence-corrected chi connectivity index (χ2v) is 7.45. The van der Waals surface area contributed by atoms with E-state index in [2.05, 4.69) is 5.32 Å². The van der Waals surface area contributed by atoms with Gasteiger partial charge in [-0.3, -0.25) is 4.79 Å². The third-order valence-electron chi connectivity index (χ3n) is 4.51. The Balaban J connectivity index is 1.67. The summed E-state index contributed by atoms with van der Waals surface area (Å²) in [6, 6.07) is 9.43. The number of benzene rings is 2.